The Hall–Kier alpha value is -1.84. The Morgan fingerprint density at radius 2 is 2.18 bits per heavy atom. The molecule has 0 bridgehead atoms. The minimum absolute atomic E-state index is 0.141. The highest BCUT2D eigenvalue weighted by atomic mass is 16.4. The van der Waals surface area contributed by atoms with Crippen LogP contribution in [0.4, 0.5) is 0 Å². The van der Waals surface area contributed by atoms with E-state index in [2.05, 4.69) is 6.07 Å². The Kier molecular flexibility index (Phi) is 5.58. The predicted molar refractivity (Wildman–Crippen MR) is 85.8 cm³/mol. The topological polar surface area (TPSA) is 57.6 Å². The summed E-state index contributed by atoms with van der Waals surface area (Å²) in [6.45, 7) is 5.47. The fourth-order valence-electron chi connectivity index (χ4n) is 3.18. The highest BCUT2D eigenvalue weighted by Gasteiger charge is 2.27. The van der Waals surface area contributed by atoms with Gasteiger partial charge in [0, 0.05) is 19.5 Å². The number of piperidine rings is 1. The van der Waals surface area contributed by atoms with E-state index in [1.807, 2.05) is 36.9 Å². The lowest BCUT2D eigenvalue weighted by Crippen LogP contribution is -2.42. The van der Waals surface area contributed by atoms with Crippen LogP contribution in [0.2, 0.25) is 0 Å². The minimum atomic E-state index is -0.753. The van der Waals surface area contributed by atoms with Gasteiger partial charge in [0.1, 0.15) is 0 Å². The number of carbonyl (C=O) groups excluding carboxylic acids is 1. The number of carboxylic acid groups (broad SMARTS) is 1. The molecule has 120 valence electrons. The Balaban J connectivity index is 1.97. The van der Waals surface area contributed by atoms with Gasteiger partial charge in [0.05, 0.1) is 5.92 Å². The molecule has 1 aromatic rings. The number of hydrogen-bond donors (Lipinski definition) is 1. The molecule has 4 nitrogen and oxygen atoms in total. The van der Waals surface area contributed by atoms with Crippen LogP contribution >= 0.6 is 0 Å². The maximum absolute atomic E-state index is 12.7. The van der Waals surface area contributed by atoms with Crippen LogP contribution in [0.1, 0.15) is 49.7 Å². The van der Waals surface area contributed by atoms with Gasteiger partial charge < -0.3 is 10.0 Å². The van der Waals surface area contributed by atoms with Crippen molar-refractivity contribution in [1.82, 2.24) is 4.90 Å². The first-order chi connectivity index (χ1) is 10.5. The third kappa shape index (κ3) is 4.33. The van der Waals surface area contributed by atoms with Gasteiger partial charge >= 0.3 is 5.97 Å². The second-order valence-electron chi connectivity index (χ2n) is 6.36. The summed E-state index contributed by atoms with van der Waals surface area (Å²) in [7, 11) is 0. The second kappa shape index (κ2) is 7.43. The molecule has 0 saturated carbocycles. The van der Waals surface area contributed by atoms with E-state index in [0.717, 1.165) is 30.5 Å². The Morgan fingerprint density at radius 1 is 1.41 bits per heavy atom. The van der Waals surface area contributed by atoms with Gasteiger partial charge in [0.2, 0.25) is 5.91 Å². The molecule has 22 heavy (non-hydrogen) atoms. The van der Waals surface area contributed by atoms with E-state index in [4.69, 9.17) is 5.11 Å². The average Bonchev–Trinajstić information content (AvgIpc) is 2.52. The maximum Gasteiger partial charge on any atom is 0.303 e. The quantitative estimate of drug-likeness (QED) is 0.908. The first-order valence-corrected chi connectivity index (χ1v) is 8.04. The molecule has 4 heteroatoms. The molecule has 1 aliphatic rings. The van der Waals surface area contributed by atoms with Crippen molar-refractivity contribution >= 4 is 11.9 Å². The number of hydrogen-bond acceptors (Lipinski definition) is 2. The van der Waals surface area contributed by atoms with Crippen molar-refractivity contribution in [2.45, 2.75) is 45.4 Å². The molecular formula is C18H25NO3. The lowest BCUT2D eigenvalue weighted by Gasteiger charge is -2.34. The van der Waals surface area contributed by atoms with Gasteiger partial charge in [-0.05, 0) is 44.6 Å². The van der Waals surface area contributed by atoms with E-state index in [1.165, 1.54) is 0 Å². The number of nitrogens with zero attached hydrogens (tertiary/aromatic N) is 1. The molecule has 1 aromatic carbocycles. The third-order valence-corrected chi connectivity index (χ3v) is 4.51. The van der Waals surface area contributed by atoms with Crippen LogP contribution in [-0.2, 0) is 9.59 Å². The van der Waals surface area contributed by atoms with Crippen molar-refractivity contribution in [3.63, 3.8) is 0 Å². The number of rotatable bonds is 5. The Labute approximate surface area is 132 Å². The molecule has 1 N–H and O–H groups in total. The summed E-state index contributed by atoms with van der Waals surface area (Å²) >= 11 is 0. The monoisotopic (exact) mass is 303 g/mol. The summed E-state index contributed by atoms with van der Waals surface area (Å²) in [5.41, 5.74) is 2.22. The van der Waals surface area contributed by atoms with Gasteiger partial charge in [-0.1, -0.05) is 29.8 Å². The van der Waals surface area contributed by atoms with E-state index in [0.29, 0.717) is 18.9 Å². The van der Waals surface area contributed by atoms with Gasteiger partial charge in [-0.25, -0.2) is 0 Å². The number of aryl methyl sites for hydroxylation is 1. The molecule has 1 aliphatic heterocycles. The zero-order chi connectivity index (χ0) is 16.1. The SMILES string of the molecule is Cc1cccc(C(C)C(=O)N2CCCC(CCC(=O)O)C2)c1. The van der Waals surface area contributed by atoms with Gasteiger partial charge in [0.15, 0.2) is 0 Å². The van der Waals surface area contributed by atoms with E-state index >= 15 is 0 Å². The number of amides is 1. The van der Waals surface area contributed by atoms with Crippen molar-refractivity contribution in [2.75, 3.05) is 13.1 Å². The molecule has 1 amide bonds. The number of carbonyl (C=O) groups is 2. The van der Waals surface area contributed by atoms with Crippen molar-refractivity contribution in [2.24, 2.45) is 5.92 Å². The lowest BCUT2D eigenvalue weighted by molar-refractivity contribution is -0.137. The summed E-state index contributed by atoms with van der Waals surface area (Å²) in [5.74, 6) is -0.418. The molecule has 1 saturated heterocycles. The standard InChI is InChI=1S/C18H25NO3/c1-13-5-3-7-16(11-13)14(2)18(22)19-10-4-6-15(12-19)8-9-17(20)21/h3,5,7,11,14-15H,4,6,8-10,12H2,1-2H3,(H,20,21). The normalized spacial score (nSPS) is 19.7. The molecule has 0 aromatic heterocycles. The molecule has 1 heterocycles. The summed E-state index contributed by atoms with van der Waals surface area (Å²) in [4.78, 5) is 25.3. The highest BCUT2D eigenvalue weighted by Crippen LogP contribution is 2.25. The van der Waals surface area contributed by atoms with Crippen LogP contribution < -0.4 is 0 Å². The number of benzene rings is 1. The molecule has 2 atom stereocenters. The van der Waals surface area contributed by atoms with Crippen molar-refractivity contribution in [3.8, 4) is 0 Å². The largest absolute Gasteiger partial charge is 0.481 e. The molecule has 0 spiro atoms. The number of aliphatic carboxylic acids is 1. The van der Waals surface area contributed by atoms with Crippen LogP contribution in [0.5, 0.6) is 0 Å². The summed E-state index contributed by atoms with van der Waals surface area (Å²) in [6.07, 6.45) is 2.85. The second-order valence-corrected chi connectivity index (χ2v) is 6.36. The van der Waals surface area contributed by atoms with E-state index in [1.54, 1.807) is 0 Å². The average molecular weight is 303 g/mol. The van der Waals surface area contributed by atoms with Crippen molar-refractivity contribution in [3.05, 3.63) is 35.4 Å². The first kappa shape index (κ1) is 16.5. The lowest BCUT2D eigenvalue weighted by atomic mass is 9.91. The fraction of sp³-hybridized carbons (Fsp3) is 0.556. The molecule has 1 fully saturated rings. The van der Waals surface area contributed by atoms with Gasteiger partial charge in [-0.2, -0.15) is 0 Å². The predicted octanol–water partition coefficient (Wildman–Crippen LogP) is 3.20. The fourth-order valence-corrected chi connectivity index (χ4v) is 3.18. The van der Waals surface area contributed by atoms with Gasteiger partial charge in [-0.15, -0.1) is 0 Å². The summed E-state index contributed by atoms with van der Waals surface area (Å²) in [6, 6.07) is 8.08. The molecule has 0 aliphatic carbocycles. The minimum Gasteiger partial charge on any atom is -0.481 e. The molecule has 2 unspecified atom stereocenters. The van der Waals surface area contributed by atoms with E-state index in [-0.39, 0.29) is 18.2 Å². The van der Waals surface area contributed by atoms with Crippen molar-refractivity contribution in [1.29, 1.82) is 0 Å². The first-order valence-electron chi connectivity index (χ1n) is 8.04. The summed E-state index contributed by atoms with van der Waals surface area (Å²) in [5, 5.41) is 8.80. The number of likely N-dealkylation sites (tertiary alicyclic amines) is 1. The van der Waals surface area contributed by atoms with E-state index < -0.39 is 5.97 Å². The van der Waals surface area contributed by atoms with Gasteiger partial charge in [0.25, 0.3) is 0 Å². The zero-order valence-corrected chi connectivity index (χ0v) is 13.4. The molecule has 2 rings (SSSR count). The Bertz CT molecular complexity index is 541. The Morgan fingerprint density at radius 3 is 2.86 bits per heavy atom. The molecular weight excluding hydrogens is 278 g/mol. The third-order valence-electron chi connectivity index (χ3n) is 4.51. The van der Waals surface area contributed by atoms with Crippen LogP contribution in [0.25, 0.3) is 0 Å². The number of carboxylic acids is 1. The highest BCUT2D eigenvalue weighted by molar-refractivity contribution is 5.83. The van der Waals surface area contributed by atoms with Gasteiger partial charge in [-0.3, -0.25) is 9.59 Å². The van der Waals surface area contributed by atoms with Crippen molar-refractivity contribution < 1.29 is 14.7 Å². The van der Waals surface area contributed by atoms with E-state index in [9.17, 15) is 9.59 Å². The smallest absolute Gasteiger partial charge is 0.303 e. The maximum atomic E-state index is 12.7. The zero-order valence-electron chi connectivity index (χ0n) is 13.4. The summed E-state index contributed by atoms with van der Waals surface area (Å²) < 4.78 is 0. The van der Waals surface area contributed by atoms with Crippen LogP contribution in [0.15, 0.2) is 24.3 Å². The van der Waals surface area contributed by atoms with Crippen LogP contribution in [0, 0.1) is 12.8 Å². The molecule has 0 radical (unpaired) electrons. The van der Waals surface area contributed by atoms with Crippen LogP contribution in [0.3, 0.4) is 0 Å². The van der Waals surface area contributed by atoms with Crippen LogP contribution in [-0.4, -0.2) is 35.0 Å².